The van der Waals surface area contributed by atoms with E-state index >= 15 is 0 Å². The summed E-state index contributed by atoms with van der Waals surface area (Å²) < 4.78 is 0. The van der Waals surface area contributed by atoms with Crippen molar-refractivity contribution in [2.24, 2.45) is 11.7 Å². The van der Waals surface area contributed by atoms with Crippen LogP contribution in [0.3, 0.4) is 0 Å². The van der Waals surface area contributed by atoms with Gasteiger partial charge in [0.25, 0.3) is 0 Å². The summed E-state index contributed by atoms with van der Waals surface area (Å²) >= 11 is 1.76. The molecular formula is C15H25NOS. The quantitative estimate of drug-likeness (QED) is 0.798. The Kier molecular flexibility index (Phi) is 6.76. The molecule has 0 aliphatic carbocycles. The van der Waals surface area contributed by atoms with Gasteiger partial charge in [-0.1, -0.05) is 43.7 Å². The summed E-state index contributed by atoms with van der Waals surface area (Å²) in [6.07, 6.45) is 0.964. The molecule has 18 heavy (non-hydrogen) atoms. The van der Waals surface area contributed by atoms with Crippen LogP contribution in [-0.2, 0) is 5.75 Å². The van der Waals surface area contributed by atoms with Crippen LogP contribution < -0.4 is 5.73 Å². The van der Waals surface area contributed by atoms with E-state index in [4.69, 9.17) is 5.73 Å². The van der Waals surface area contributed by atoms with Crippen LogP contribution in [0.1, 0.15) is 31.4 Å². The van der Waals surface area contributed by atoms with Gasteiger partial charge in [-0.25, -0.2) is 0 Å². The highest BCUT2D eigenvalue weighted by Gasteiger charge is 2.18. The third kappa shape index (κ3) is 5.42. The zero-order chi connectivity index (χ0) is 13.5. The van der Waals surface area contributed by atoms with E-state index in [0.717, 1.165) is 12.2 Å². The van der Waals surface area contributed by atoms with E-state index in [-0.39, 0.29) is 17.9 Å². The lowest BCUT2D eigenvalue weighted by atomic mass is 10.0. The average Bonchev–Trinajstić information content (AvgIpc) is 2.29. The second kappa shape index (κ2) is 7.82. The summed E-state index contributed by atoms with van der Waals surface area (Å²) in [7, 11) is 0. The summed E-state index contributed by atoms with van der Waals surface area (Å²) in [5.41, 5.74) is 8.72. The van der Waals surface area contributed by atoms with Gasteiger partial charge in [-0.3, -0.25) is 0 Å². The lowest BCUT2D eigenvalue weighted by Gasteiger charge is -2.23. The highest BCUT2D eigenvalue weighted by Crippen LogP contribution is 2.22. The van der Waals surface area contributed by atoms with Crippen LogP contribution in [0.4, 0.5) is 0 Å². The Morgan fingerprint density at radius 2 is 2.06 bits per heavy atom. The van der Waals surface area contributed by atoms with Crippen molar-refractivity contribution in [2.75, 3.05) is 6.61 Å². The lowest BCUT2D eigenvalue weighted by molar-refractivity contribution is 0.275. The summed E-state index contributed by atoms with van der Waals surface area (Å²) in [6, 6.07) is 8.57. The van der Waals surface area contributed by atoms with E-state index in [2.05, 4.69) is 45.0 Å². The van der Waals surface area contributed by atoms with Gasteiger partial charge >= 0.3 is 0 Å². The minimum absolute atomic E-state index is 0.0739. The Hall–Kier alpha value is -0.510. The minimum atomic E-state index is 0.0739. The third-order valence-corrected chi connectivity index (χ3v) is 4.37. The molecule has 102 valence electrons. The summed E-state index contributed by atoms with van der Waals surface area (Å²) in [5.74, 6) is 1.49. The summed E-state index contributed by atoms with van der Waals surface area (Å²) in [4.78, 5) is 0. The highest BCUT2D eigenvalue weighted by molar-refractivity contribution is 7.99. The Bertz CT molecular complexity index is 354. The molecule has 1 aromatic rings. The van der Waals surface area contributed by atoms with Crippen LogP contribution >= 0.6 is 11.8 Å². The molecule has 0 saturated carbocycles. The van der Waals surface area contributed by atoms with Gasteiger partial charge in [-0.05, 0) is 24.8 Å². The second-order valence-corrected chi connectivity index (χ2v) is 6.54. The first-order chi connectivity index (χ1) is 8.52. The molecule has 2 nitrogen and oxygen atoms in total. The SMILES string of the molecule is Cc1cccc(CSC(CO)C(N)CC(C)C)c1. The molecule has 1 aromatic carbocycles. The topological polar surface area (TPSA) is 46.2 Å². The minimum Gasteiger partial charge on any atom is -0.395 e. The van der Waals surface area contributed by atoms with Crippen molar-refractivity contribution in [1.29, 1.82) is 0 Å². The van der Waals surface area contributed by atoms with E-state index in [1.54, 1.807) is 11.8 Å². The molecule has 0 amide bonds. The maximum Gasteiger partial charge on any atom is 0.0565 e. The van der Waals surface area contributed by atoms with Crippen LogP contribution in [-0.4, -0.2) is 23.0 Å². The molecule has 0 bridgehead atoms. The van der Waals surface area contributed by atoms with Crippen LogP contribution in [0.5, 0.6) is 0 Å². The zero-order valence-electron chi connectivity index (χ0n) is 11.6. The van der Waals surface area contributed by atoms with Crippen molar-refractivity contribution >= 4 is 11.8 Å². The van der Waals surface area contributed by atoms with Crippen LogP contribution in [0, 0.1) is 12.8 Å². The van der Waals surface area contributed by atoms with Crippen molar-refractivity contribution in [2.45, 2.75) is 44.2 Å². The largest absolute Gasteiger partial charge is 0.395 e. The van der Waals surface area contributed by atoms with Crippen LogP contribution in [0.25, 0.3) is 0 Å². The maximum absolute atomic E-state index is 9.44. The molecule has 0 spiro atoms. The molecule has 0 radical (unpaired) electrons. The highest BCUT2D eigenvalue weighted by atomic mass is 32.2. The van der Waals surface area contributed by atoms with E-state index in [0.29, 0.717) is 5.92 Å². The van der Waals surface area contributed by atoms with Crippen molar-refractivity contribution < 1.29 is 5.11 Å². The van der Waals surface area contributed by atoms with E-state index in [1.165, 1.54) is 11.1 Å². The number of hydrogen-bond donors (Lipinski definition) is 2. The van der Waals surface area contributed by atoms with E-state index in [1.807, 2.05) is 0 Å². The van der Waals surface area contributed by atoms with E-state index in [9.17, 15) is 5.11 Å². The number of aryl methyl sites for hydroxylation is 1. The first-order valence-corrected chi connectivity index (χ1v) is 7.61. The standard InChI is InChI=1S/C15H25NOS/c1-11(2)7-14(16)15(9-17)18-10-13-6-4-5-12(3)8-13/h4-6,8,11,14-15,17H,7,9-10,16H2,1-3H3. The van der Waals surface area contributed by atoms with Crippen molar-refractivity contribution in [1.82, 2.24) is 0 Å². The number of benzene rings is 1. The molecule has 2 unspecified atom stereocenters. The Labute approximate surface area is 115 Å². The summed E-state index contributed by atoms with van der Waals surface area (Å²) in [5, 5.41) is 9.57. The number of thioether (sulfide) groups is 1. The van der Waals surface area contributed by atoms with Gasteiger partial charge in [0.2, 0.25) is 0 Å². The van der Waals surface area contributed by atoms with Crippen molar-refractivity contribution in [3.05, 3.63) is 35.4 Å². The predicted octanol–water partition coefficient (Wildman–Crippen LogP) is 2.96. The predicted molar refractivity (Wildman–Crippen MR) is 80.8 cm³/mol. The number of hydrogen-bond acceptors (Lipinski definition) is 3. The normalized spacial score (nSPS) is 14.8. The van der Waals surface area contributed by atoms with Gasteiger partial charge in [-0.15, -0.1) is 11.8 Å². The van der Waals surface area contributed by atoms with Gasteiger partial charge in [0.1, 0.15) is 0 Å². The van der Waals surface area contributed by atoms with Crippen LogP contribution in [0.2, 0.25) is 0 Å². The molecule has 2 atom stereocenters. The molecule has 0 aliphatic heterocycles. The molecule has 1 rings (SSSR count). The Morgan fingerprint density at radius 3 is 2.61 bits per heavy atom. The molecular weight excluding hydrogens is 242 g/mol. The maximum atomic E-state index is 9.44. The lowest BCUT2D eigenvalue weighted by Crippen LogP contribution is -2.36. The molecule has 0 saturated heterocycles. The number of nitrogens with two attached hydrogens (primary N) is 1. The molecule has 0 fully saturated rings. The molecule has 0 heterocycles. The van der Waals surface area contributed by atoms with Crippen molar-refractivity contribution in [3.63, 3.8) is 0 Å². The number of aliphatic hydroxyl groups excluding tert-OH is 1. The second-order valence-electron chi connectivity index (χ2n) is 5.31. The fourth-order valence-electron chi connectivity index (χ4n) is 2.01. The van der Waals surface area contributed by atoms with Crippen LogP contribution in [0.15, 0.2) is 24.3 Å². The molecule has 0 aromatic heterocycles. The van der Waals surface area contributed by atoms with Gasteiger partial charge in [0.05, 0.1) is 6.61 Å². The van der Waals surface area contributed by atoms with E-state index < -0.39 is 0 Å². The third-order valence-electron chi connectivity index (χ3n) is 2.95. The summed E-state index contributed by atoms with van der Waals surface area (Å²) in [6.45, 7) is 6.59. The van der Waals surface area contributed by atoms with Gasteiger partial charge < -0.3 is 10.8 Å². The molecule has 3 heteroatoms. The fraction of sp³-hybridized carbons (Fsp3) is 0.600. The fourth-order valence-corrected chi connectivity index (χ4v) is 3.06. The Morgan fingerprint density at radius 1 is 1.33 bits per heavy atom. The first kappa shape index (κ1) is 15.5. The average molecular weight is 267 g/mol. The molecule has 3 N–H and O–H groups in total. The smallest absolute Gasteiger partial charge is 0.0565 e. The van der Waals surface area contributed by atoms with Gasteiger partial charge in [0, 0.05) is 17.0 Å². The van der Waals surface area contributed by atoms with Crippen molar-refractivity contribution in [3.8, 4) is 0 Å². The zero-order valence-corrected chi connectivity index (χ0v) is 12.4. The van der Waals surface area contributed by atoms with Gasteiger partial charge in [-0.2, -0.15) is 0 Å². The number of aliphatic hydroxyl groups is 1. The molecule has 0 aliphatic rings. The first-order valence-electron chi connectivity index (χ1n) is 6.56. The van der Waals surface area contributed by atoms with Gasteiger partial charge in [0.15, 0.2) is 0 Å². The monoisotopic (exact) mass is 267 g/mol. The Balaban J connectivity index is 2.48. The number of rotatable bonds is 7.